The molecule has 0 N–H and O–H groups in total. The van der Waals surface area contributed by atoms with Gasteiger partial charge in [-0.15, -0.1) is 0 Å². The van der Waals surface area contributed by atoms with E-state index in [2.05, 4.69) is 27.7 Å². The van der Waals surface area contributed by atoms with Gasteiger partial charge < -0.3 is 4.74 Å². The van der Waals surface area contributed by atoms with Gasteiger partial charge in [0, 0.05) is 5.57 Å². The second kappa shape index (κ2) is 40.6. The smallest absolute Gasteiger partial charge is 0.333 e. The molecule has 0 heterocycles. The summed E-state index contributed by atoms with van der Waals surface area (Å²) in [5.41, 5.74) is 2.33. The van der Waals surface area contributed by atoms with Gasteiger partial charge in [0.05, 0.1) is 6.61 Å². The van der Waals surface area contributed by atoms with E-state index < -0.39 is 0 Å². The Labute approximate surface area is 304 Å². The lowest BCUT2D eigenvalue weighted by atomic mass is 9.95. The zero-order valence-corrected chi connectivity index (χ0v) is 33.9. The molecule has 0 spiro atoms. The molecule has 0 bridgehead atoms. The van der Waals surface area contributed by atoms with E-state index in [0.29, 0.717) is 6.61 Å². The molecule has 0 aliphatic heterocycles. The fourth-order valence-corrected chi connectivity index (χ4v) is 7.22. The highest BCUT2D eigenvalue weighted by atomic mass is 16.5. The van der Waals surface area contributed by atoms with Crippen LogP contribution in [0.25, 0.3) is 0 Å². The molecule has 2 nitrogen and oxygen atoms in total. The van der Waals surface area contributed by atoms with E-state index in [1.807, 2.05) is 0 Å². The zero-order chi connectivity index (χ0) is 35.0. The van der Waals surface area contributed by atoms with Crippen LogP contribution in [0.5, 0.6) is 0 Å². The zero-order valence-electron chi connectivity index (χ0n) is 33.9. The summed E-state index contributed by atoms with van der Waals surface area (Å²) >= 11 is 0. The molecule has 0 aromatic rings. The second-order valence-electron chi connectivity index (χ2n) is 15.5. The molecule has 286 valence electrons. The van der Waals surface area contributed by atoms with E-state index in [9.17, 15) is 4.79 Å². The van der Waals surface area contributed by atoms with E-state index in [4.69, 9.17) is 4.74 Å². The van der Waals surface area contributed by atoms with Crippen molar-refractivity contribution >= 4 is 5.97 Å². The Morgan fingerprint density at radius 2 is 0.562 bits per heavy atom. The van der Waals surface area contributed by atoms with Gasteiger partial charge in [-0.2, -0.15) is 0 Å². The van der Waals surface area contributed by atoms with Crippen molar-refractivity contribution in [3.05, 3.63) is 11.1 Å². The third-order valence-electron chi connectivity index (χ3n) is 10.7. The lowest BCUT2D eigenvalue weighted by molar-refractivity contribution is -0.139. The quantitative estimate of drug-likeness (QED) is 0.0367. The average Bonchev–Trinajstić information content (AvgIpc) is 3.09. The summed E-state index contributed by atoms with van der Waals surface area (Å²) in [7, 11) is 0. The highest BCUT2D eigenvalue weighted by Crippen LogP contribution is 2.23. The maximum Gasteiger partial charge on any atom is 0.333 e. The third-order valence-corrected chi connectivity index (χ3v) is 10.7. The van der Waals surface area contributed by atoms with Crippen molar-refractivity contribution < 1.29 is 9.53 Å². The summed E-state index contributed by atoms with van der Waals surface area (Å²) in [6.07, 6.45) is 51.3. The topological polar surface area (TPSA) is 26.3 Å². The van der Waals surface area contributed by atoms with Crippen LogP contribution in [0.1, 0.15) is 272 Å². The van der Waals surface area contributed by atoms with E-state index >= 15 is 0 Å². The van der Waals surface area contributed by atoms with Gasteiger partial charge in [0.1, 0.15) is 0 Å². The van der Waals surface area contributed by atoms with Crippen molar-refractivity contribution in [2.24, 2.45) is 0 Å². The van der Waals surface area contributed by atoms with Gasteiger partial charge in [-0.1, -0.05) is 238 Å². The molecule has 2 heteroatoms. The number of rotatable bonds is 40. The second-order valence-corrected chi connectivity index (χ2v) is 15.5. The number of hydrogen-bond acceptors (Lipinski definition) is 2. The molecule has 0 radical (unpaired) electrons. The summed E-state index contributed by atoms with van der Waals surface area (Å²) in [5.74, 6) is -0.0368. The first-order chi connectivity index (χ1) is 23.7. The Morgan fingerprint density at radius 3 is 0.833 bits per heavy atom. The predicted molar refractivity (Wildman–Crippen MR) is 216 cm³/mol. The minimum atomic E-state index is -0.0368. The fraction of sp³-hybridized carbons (Fsp3) is 0.935. The molecular weight excluding hydrogens is 585 g/mol. The van der Waals surface area contributed by atoms with Crippen LogP contribution in [-0.2, 0) is 9.53 Å². The first kappa shape index (κ1) is 47.2. The number of allylic oxidation sites excluding steroid dienone is 1. The molecule has 0 rings (SSSR count). The molecule has 0 saturated carbocycles. The van der Waals surface area contributed by atoms with Crippen LogP contribution in [0.4, 0.5) is 0 Å². The van der Waals surface area contributed by atoms with E-state index in [1.54, 1.807) is 0 Å². The Hall–Kier alpha value is -0.790. The van der Waals surface area contributed by atoms with Crippen molar-refractivity contribution in [1.29, 1.82) is 0 Å². The molecule has 48 heavy (non-hydrogen) atoms. The van der Waals surface area contributed by atoms with Crippen LogP contribution >= 0.6 is 0 Å². The number of carbonyl (C=O) groups is 1. The Kier molecular flexibility index (Phi) is 40.0. The van der Waals surface area contributed by atoms with Crippen LogP contribution in [0.15, 0.2) is 11.1 Å². The molecule has 0 unspecified atom stereocenters. The number of hydrogen-bond donors (Lipinski definition) is 0. The Bertz CT molecular complexity index is 665. The van der Waals surface area contributed by atoms with Crippen molar-refractivity contribution in [2.45, 2.75) is 272 Å². The van der Waals surface area contributed by atoms with E-state index in [1.165, 1.54) is 230 Å². The van der Waals surface area contributed by atoms with Crippen LogP contribution in [0.3, 0.4) is 0 Å². The minimum Gasteiger partial charge on any atom is -0.462 e. The molecule has 0 aromatic carbocycles. The third kappa shape index (κ3) is 35.1. The molecule has 0 atom stereocenters. The van der Waals surface area contributed by atoms with Gasteiger partial charge in [-0.3, -0.25) is 0 Å². The maximum absolute atomic E-state index is 13.0. The number of esters is 1. The molecule has 0 amide bonds. The summed E-state index contributed by atoms with van der Waals surface area (Å²) in [4.78, 5) is 13.0. The van der Waals surface area contributed by atoms with Gasteiger partial charge in [0.2, 0.25) is 0 Å². The van der Waals surface area contributed by atoms with Crippen molar-refractivity contribution in [1.82, 2.24) is 0 Å². The van der Waals surface area contributed by atoms with Gasteiger partial charge in [-0.05, 0) is 39.0 Å². The monoisotopic (exact) mass is 675 g/mol. The number of unbranched alkanes of at least 4 members (excludes halogenated alkanes) is 33. The number of ether oxygens (including phenoxy) is 1. The molecule has 0 aliphatic carbocycles. The van der Waals surface area contributed by atoms with Crippen LogP contribution in [-0.4, -0.2) is 12.6 Å². The van der Waals surface area contributed by atoms with Gasteiger partial charge in [0.25, 0.3) is 0 Å². The summed E-state index contributed by atoms with van der Waals surface area (Å²) < 4.78 is 5.80. The largest absolute Gasteiger partial charge is 0.462 e. The fourth-order valence-electron chi connectivity index (χ4n) is 7.22. The predicted octanol–water partition coefficient (Wildman–Crippen LogP) is 16.7. The summed E-state index contributed by atoms with van der Waals surface area (Å²) in [6, 6.07) is 0. The molecule has 0 fully saturated rings. The SMILES string of the molecule is CCCCCCCCCCCCCCCCC(CCCCCCCCCCCCCC)=C(C)C(=O)OCCCCCCCCCCCC. The summed E-state index contributed by atoms with van der Waals surface area (Å²) in [5, 5.41) is 0. The minimum absolute atomic E-state index is 0.0368. The highest BCUT2D eigenvalue weighted by Gasteiger charge is 2.12. The lowest BCUT2D eigenvalue weighted by Gasteiger charge is -2.13. The van der Waals surface area contributed by atoms with Crippen molar-refractivity contribution in [2.75, 3.05) is 6.61 Å². The summed E-state index contributed by atoms with van der Waals surface area (Å²) in [6.45, 7) is 9.53. The van der Waals surface area contributed by atoms with Crippen LogP contribution in [0.2, 0.25) is 0 Å². The van der Waals surface area contributed by atoms with E-state index in [0.717, 1.165) is 24.8 Å². The first-order valence-electron chi connectivity index (χ1n) is 22.5. The van der Waals surface area contributed by atoms with Crippen LogP contribution < -0.4 is 0 Å². The van der Waals surface area contributed by atoms with Crippen molar-refractivity contribution in [3.8, 4) is 0 Å². The standard InChI is InChI=1S/C46H90O2/c1-5-8-11-14-17-20-23-25-26-28-30-33-36-39-42-45(41-38-35-32-29-27-24-21-18-15-12-9-6-2)44(4)46(47)48-43-40-37-34-31-22-19-16-13-10-7-3/h5-43H2,1-4H3. The number of carbonyl (C=O) groups excluding carboxylic acids is 1. The average molecular weight is 675 g/mol. The first-order valence-corrected chi connectivity index (χ1v) is 22.5. The molecule has 0 aliphatic rings. The van der Waals surface area contributed by atoms with Gasteiger partial charge in [-0.25, -0.2) is 4.79 Å². The van der Waals surface area contributed by atoms with E-state index in [-0.39, 0.29) is 5.97 Å². The molecule has 0 saturated heterocycles. The Balaban J connectivity index is 4.30. The normalized spacial score (nSPS) is 12.1. The van der Waals surface area contributed by atoms with Gasteiger partial charge in [0.15, 0.2) is 0 Å². The van der Waals surface area contributed by atoms with Crippen LogP contribution in [0, 0.1) is 0 Å². The molecular formula is C46H90O2. The van der Waals surface area contributed by atoms with Crippen molar-refractivity contribution in [3.63, 3.8) is 0 Å². The van der Waals surface area contributed by atoms with Gasteiger partial charge >= 0.3 is 5.97 Å². The molecule has 0 aromatic heterocycles. The lowest BCUT2D eigenvalue weighted by Crippen LogP contribution is -2.10. The highest BCUT2D eigenvalue weighted by molar-refractivity contribution is 5.88. The maximum atomic E-state index is 13.0. The Morgan fingerprint density at radius 1 is 0.333 bits per heavy atom.